The van der Waals surface area contributed by atoms with Crippen LogP contribution in [0.25, 0.3) is 0 Å². The number of allylic oxidation sites excluding steroid dienone is 1. The summed E-state index contributed by atoms with van der Waals surface area (Å²) in [6.07, 6.45) is 13.2. The van der Waals surface area contributed by atoms with E-state index in [2.05, 4.69) is 64.4 Å². The SMILES string of the molecule is CC(C)(C)[Si](C)(C)OC1CC[C@H]2[C@@H]3CC[C@@]45CC(=CC[C@]4(C)[C@H]3CC[C@]12C)NC(=S)N5. The van der Waals surface area contributed by atoms with Crippen LogP contribution in [0.5, 0.6) is 0 Å². The summed E-state index contributed by atoms with van der Waals surface area (Å²) in [5.41, 5.74) is 2.21. The van der Waals surface area contributed by atoms with Gasteiger partial charge in [-0.3, -0.25) is 0 Å². The molecule has 2 N–H and O–H groups in total. The van der Waals surface area contributed by atoms with Gasteiger partial charge in [0, 0.05) is 12.1 Å². The maximum absolute atomic E-state index is 7.12. The van der Waals surface area contributed by atoms with Crippen LogP contribution in [0, 0.1) is 28.6 Å². The Morgan fingerprint density at radius 3 is 2.52 bits per heavy atom. The number of fused-ring (bicyclic) bond motifs is 5. The lowest BCUT2D eigenvalue weighted by Gasteiger charge is -2.66. The van der Waals surface area contributed by atoms with E-state index in [1.165, 1.54) is 50.6 Å². The van der Waals surface area contributed by atoms with E-state index in [-0.39, 0.29) is 10.6 Å². The van der Waals surface area contributed by atoms with Crippen molar-refractivity contribution in [3.63, 3.8) is 0 Å². The van der Waals surface area contributed by atoms with E-state index >= 15 is 0 Å². The van der Waals surface area contributed by atoms with Crippen molar-refractivity contribution >= 4 is 25.6 Å². The third kappa shape index (κ3) is 3.08. The third-order valence-corrected chi connectivity index (χ3v) is 16.0. The summed E-state index contributed by atoms with van der Waals surface area (Å²) in [5, 5.41) is 8.38. The fourth-order valence-electron chi connectivity index (χ4n) is 8.32. The van der Waals surface area contributed by atoms with Gasteiger partial charge in [0.15, 0.2) is 13.4 Å². The lowest BCUT2D eigenvalue weighted by atomic mass is 9.43. The molecule has 3 nitrogen and oxygen atoms in total. The highest BCUT2D eigenvalue weighted by molar-refractivity contribution is 7.80. The van der Waals surface area contributed by atoms with Gasteiger partial charge >= 0.3 is 0 Å². The van der Waals surface area contributed by atoms with Crippen LogP contribution in [0.2, 0.25) is 18.1 Å². The summed E-state index contributed by atoms with van der Waals surface area (Å²) >= 11 is 5.63. The number of thiocarbonyl (C=S) groups is 1. The Bertz CT molecular complexity index is 819. The van der Waals surface area contributed by atoms with Gasteiger partial charge in [0.2, 0.25) is 0 Å². The lowest BCUT2D eigenvalue weighted by Crippen LogP contribution is -2.71. The van der Waals surface area contributed by atoms with Gasteiger partial charge in [-0.1, -0.05) is 40.7 Å². The second kappa shape index (κ2) is 6.82. The summed E-state index contributed by atoms with van der Waals surface area (Å²) < 4.78 is 7.12. The predicted molar refractivity (Wildman–Crippen MR) is 135 cm³/mol. The molecule has 0 aromatic heterocycles. The minimum absolute atomic E-state index is 0.171. The molecule has 31 heavy (non-hydrogen) atoms. The molecule has 5 rings (SSSR count). The minimum atomic E-state index is -1.74. The number of nitrogens with one attached hydrogen (secondary N) is 2. The van der Waals surface area contributed by atoms with Crippen molar-refractivity contribution in [1.29, 1.82) is 0 Å². The van der Waals surface area contributed by atoms with E-state index in [1.54, 1.807) is 0 Å². The van der Waals surface area contributed by atoms with Crippen LogP contribution in [0.3, 0.4) is 0 Å². The Labute approximate surface area is 196 Å². The standard InChI is InChI=1S/C26H44N2OSSi/c1-23(2,3)31(6,7)29-21-9-8-19-18-11-15-26-16-17(27-22(30)28-26)10-14-25(26,5)20(18)12-13-24(19,21)4/h10,18-21H,8-9,11-16H2,1-7H3,(H2,27,28,30)/t18-,19-,20-,21?,24-,25+,26+/m0/s1. The molecule has 1 aliphatic heterocycles. The van der Waals surface area contributed by atoms with Gasteiger partial charge in [-0.2, -0.15) is 0 Å². The smallest absolute Gasteiger partial charge is 0.192 e. The first-order chi connectivity index (χ1) is 14.3. The Hall–Kier alpha value is -0.393. The molecule has 2 bridgehead atoms. The van der Waals surface area contributed by atoms with E-state index < -0.39 is 8.32 Å². The van der Waals surface area contributed by atoms with Crippen molar-refractivity contribution in [2.75, 3.05) is 0 Å². The van der Waals surface area contributed by atoms with Gasteiger partial charge in [-0.05, 0) is 104 Å². The first-order valence-corrected chi connectivity index (χ1v) is 16.1. The van der Waals surface area contributed by atoms with Gasteiger partial charge in [0.05, 0.1) is 11.6 Å². The zero-order valence-corrected chi connectivity index (χ0v) is 22.7. The third-order valence-electron chi connectivity index (χ3n) is 11.3. The van der Waals surface area contributed by atoms with E-state index in [0.717, 1.165) is 29.3 Å². The maximum Gasteiger partial charge on any atom is 0.192 e. The Kier molecular flexibility index (Phi) is 4.93. The Balaban J connectivity index is 1.42. The molecule has 4 fully saturated rings. The maximum atomic E-state index is 7.12. The zero-order valence-electron chi connectivity index (χ0n) is 20.9. The van der Waals surface area contributed by atoms with Crippen molar-refractivity contribution in [3.8, 4) is 0 Å². The molecule has 1 heterocycles. The molecule has 1 unspecified atom stereocenters. The highest BCUT2D eigenvalue weighted by Crippen LogP contribution is 2.68. The number of rotatable bonds is 2. The molecule has 5 aliphatic rings. The normalized spacial score (nSPS) is 46.8. The van der Waals surface area contributed by atoms with Gasteiger partial charge < -0.3 is 15.1 Å². The lowest BCUT2D eigenvalue weighted by molar-refractivity contribution is -0.123. The highest BCUT2D eigenvalue weighted by atomic mass is 32.1. The Morgan fingerprint density at radius 1 is 1.06 bits per heavy atom. The van der Waals surface area contributed by atoms with Crippen LogP contribution in [-0.4, -0.2) is 25.1 Å². The molecule has 0 aromatic rings. The van der Waals surface area contributed by atoms with Crippen LogP contribution in [0.4, 0.5) is 0 Å². The molecule has 1 spiro atoms. The van der Waals surface area contributed by atoms with E-state index in [1.807, 2.05) is 0 Å². The molecule has 0 aromatic carbocycles. The summed E-state index contributed by atoms with van der Waals surface area (Å²) in [7, 11) is -1.74. The summed E-state index contributed by atoms with van der Waals surface area (Å²) in [4.78, 5) is 0. The fourth-order valence-corrected chi connectivity index (χ4v) is 10.1. The second-order valence-electron chi connectivity index (χ2n) is 13.6. The average Bonchev–Trinajstić information content (AvgIpc) is 2.97. The Morgan fingerprint density at radius 2 is 1.81 bits per heavy atom. The largest absolute Gasteiger partial charge is 0.413 e. The molecule has 0 amide bonds. The molecule has 0 radical (unpaired) electrons. The van der Waals surface area contributed by atoms with E-state index in [4.69, 9.17) is 16.6 Å². The van der Waals surface area contributed by atoms with E-state index in [9.17, 15) is 0 Å². The predicted octanol–water partition coefficient (Wildman–Crippen LogP) is 6.51. The van der Waals surface area contributed by atoms with Crippen LogP contribution in [-0.2, 0) is 4.43 Å². The van der Waals surface area contributed by atoms with Crippen molar-refractivity contribution < 1.29 is 4.43 Å². The summed E-state index contributed by atoms with van der Waals surface area (Å²) in [6, 6.07) is 0. The summed E-state index contributed by atoms with van der Waals surface area (Å²) in [6.45, 7) is 17.2. The number of hydrogen-bond acceptors (Lipinski definition) is 2. The zero-order chi connectivity index (χ0) is 22.4. The average molecular weight is 461 g/mol. The molecule has 3 saturated carbocycles. The van der Waals surface area contributed by atoms with Crippen molar-refractivity contribution in [2.45, 2.75) is 116 Å². The van der Waals surface area contributed by atoms with Gasteiger partial charge in [0.25, 0.3) is 0 Å². The van der Waals surface area contributed by atoms with Crippen LogP contribution >= 0.6 is 12.2 Å². The topological polar surface area (TPSA) is 33.3 Å². The van der Waals surface area contributed by atoms with Crippen molar-refractivity contribution in [3.05, 3.63) is 11.8 Å². The number of hydrogen-bond donors (Lipinski definition) is 2. The second-order valence-corrected chi connectivity index (χ2v) is 18.8. The molecule has 5 heteroatoms. The fraction of sp³-hybridized carbons (Fsp3) is 0.885. The van der Waals surface area contributed by atoms with E-state index in [0.29, 0.717) is 16.9 Å². The van der Waals surface area contributed by atoms with Crippen molar-refractivity contribution in [1.82, 2.24) is 10.6 Å². The molecule has 7 atom stereocenters. The van der Waals surface area contributed by atoms with Crippen molar-refractivity contribution in [2.24, 2.45) is 28.6 Å². The van der Waals surface area contributed by atoms with Gasteiger partial charge in [-0.25, -0.2) is 0 Å². The first-order valence-electron chi connectivity index (χ1n) is 12.8. The molecule has 174 valence electrons. The highest BCUT2D eigenvalue weighted by Gasteiger charge is 2.65. The van der Waals surface area contributed by atoms with Gasteiger partial charge in [0.1, 0.15) is 0 Å². The quantitative estimate of drug-likeness (QED) is 0.363. The first kappa shape index (κ1) is 22.4. The van der Waals surface area contributed by atoms with Crippen LogP contribution in [0.1, 0.15) is 86.0 Å². The van der Waals surface area contributed by atoms with Crippen LogP contribution < -0.4 is 10.6 Å². The molecule has 1 saturated heterocycles. The molecular weight excluding hydrogens is 416 g/mol. The van der Waals surface area contributed by atoms with Crippen LogP contribution in [0.15, 0.2) is 11.8 Å². The monoisotopic (exact) mass is 460 g/mol. The summed E-state index contributed by atoms with van der Waals surface area (Å²) in [5.74, 6) is 2.48. The molecular formula is C26H44N2OSSi. The van der Waals surface area contributed by atoms with Gasteiger partial charge in [-0.15, -0.1) is 0 Å². The molecule has 4 aliphatic carbocycles. The minimum Gasteiger partial charge on any atom is -0.413 e.